The number of imide groups is 1. The third-order valence-corrected chi connectivity index (χ3v) is 7.20. The number of urea groups is 1. The predicted octanol–water partition coefficient (Wildman–Crippen LogP) is 3.76. The average Bonchev–Trinajstić information content (AvgIpc) is 3.02. The highest BCUT2D eigenvalue weighted by molar-refractivity contribution is 6.07. The third kappa shape index (κ3) is 4.68. The van der Waals surface area contributed by atoms with E-state index in [1.165, 1.54) is 21.6 Å². The Balaban J connectivity index is 1.52. The van der Waals surface area contributed by atoms with Crippen LogP contribution >= 0.6 is 0 Å². The molecule has 0 atom stereocenters. The van der Waals surface area contributed by atoms with Gasteiger partial charge in [0.25, 0.3) is 5.91 Å². The maximum atomic E-state index is 13.8. The molecule has 1 spiro atoms. The van der Waals surface area contributed by atoms with Crippen molar-refractivity contribution in [3.8, 4) is 5.75 Å². The maximum Gasteiger partial charge on any atom is 0.328 e. The Labute approximate surface area is 202 Å². The second-order valence-corrected chi connectivity index (χ2v) is 9.41. The molecule has 0 aromatic heterocycles. The van der Waals surface area contributed by atoms with Crippen LogP contribution in [0.5, 0.6) is 5.75 Å². The first kappa shape index (κ1) is 24.2. The molecule has 7 nitrogen and oxygen atoms in total. The molecule has 0 saturated carbocycles. The summed E-state index contributed by atoms with van der Waals surface area (Å²) in [5.41, 5.74) is 3.93. The first-order valence-electron chi connectivity index (χ1n) is 11.9. The van der Waals surface area contributed by atoms with Gasteiger partial charge in [-0.05, 0) is 55.5 Å². The number of nitrogens with zero attached hydrogens (tertiary/aromatic N) is 3. The largest absolute Gasteiger partial charge is 0.497 e. The van der Waals surface area contributed by atoms with E-state index in [-0.39, 0.29) is 18.5 Å². The number of methoxy groups -OCH3 is 2. The Hall–Kier alpha value is -2.90. The van der Waals surface area contributed by atoms with Gasteiger partial charge < -0.3 is 14.4 Å². The number of ether oxygens (including phenoxy) is 2. The molecular weight excluding hydrogens is 430 g/mol. The van der Waals surface area contributed by atoms with Gasteiger partial charge in [0, 0.05) is 33.3 Å². The van der Waals surface area contributed by atoms with Crippen molar-refractivity contribution in [1.82, 2.24) is 14.7 Å². The van der Waals surface area contributed by atoms with E-state index in [9.17, 15) is 9.59 Å². The fourth-order valence-corrected chi connectivity index (χ4v) is 5.14. The molecule has 4 rings (SSSR count). The van der Waals surface area contributed by atoms with E-state index in [1.54, 1.807) is 19.1 Å². The molecule has 2 aromatic rings. The zero-order chi connectivity index (χ0) is 24.3. The average molecular weight is 466 g/mol. The Morgan fingerprint density at radius 3 is 2.44 bits per heavy atom. The molecule has 182 valence electrons. The Morgan fingerprint density at radius 2 is 1.74 bits per heavy atom. The molecular formula is C27H35N3O4. The van der Waals surface area contributed by atoms with E-state index in [1.807, 2.05) is 24.3 Å². The molecule has 2 saturated heterocycles. The number of carbonyl (C=O) groups is 2. The van der Waals surface area contributed by atoms with Gasteiger partial charge in [-0.25, -0.2) is 4.79 Å². The number of rotatable bonds is 8. The number of benzene rings is 2. The lowest BCUT2D eigenvalue weighted by molar-refractivity contribution is -0.136. The van der Waals surface area contributed by atoms with Crippen molar-refractivity contribution >= 4 is 11.9 Å². The van der Waals surface area contributed by atoms with Crippen LogP contribution in [0.1, 0.15) is 35.1 Å². The monoisotopic (exact) mass is 465 g/mol. The summed E-state index contributed by atoms with van der Waals surface area (Å²) < 4.78 is 10.6. The van der Waals surface area contributed by atoms with Crippen molar-refractivity contribution in [2.75, 3.05) is 40.5 Å². The van der Waals surface area contributed by atoms with Gasteiger partial charge in [0.2, 0.25) is 0 Å². The van der Waals surface area contributed by atoms with E-state index in [0.717, 1.165) is 25.2 Å². The van der Waals surface area contributed by atoms with Crippen LogP contribution in [0.25, 0.3) is 0 Å². The summed E-state index contributed by atoms with van der Waals surface area (Å²) in [6.07, 6.45) is 1.25. The predicted molar refractivity (Wildman–Crippen MR) is 131 cm³/mol. The molecule has 2 aliphatic rings. The van der Waals surface area contributed by atoms with E-state index < -0.39 is 5.54 Å². The van der Waals surface area contributed by atoms with Crippen molar-refractivity contribution in [1.29, 1.82) is 0 Å². The summed E-state index contributed by atoms with van der Waals surface area (Å²) in [6, 6.07) is 13.8. The molecule has 0 radical (unpaired) electrons. The minimum Gasteiger partial charge on any atom is -0.497 e. The highest BCUT2D eigenvalue weighted by Crippen LogP contribution is 2.38. The molecule has 7 heteroatoms. The molecule has 34 heavy (non-hydrogen) atoms. The van der Waals surface area contributed by atoms with Gasteiger partial charge in [0.15, 0.2) is 0 Å². The number of amides is 3. The number of hydrogen-bond acceptors (Lipinski definition) is 5. The molecule has 2 heterocycles. The second kappa shape index (κ2) is 10.2. The van der Waals surface area contributed by atoms with Crippen LogP contribution in [0.4, 0.5) is 4.79 Å². The van der Waals surface area contributed by atoms with Crippen LogP contribution < -0.4 is 4.74 Å². The highest BCUT2D eigenvalue weighted by atomic mass is 16.5. The third-order valence-electron chi connectivity index (χ3n) is 7.20. The normalized spacial score (nSPS) is 18.2. The number of aryl methyl sites for hydroxylation is 2. The first-order valence-corrected chi connectivity index (χ1v) is 11.9. The minimum atomic E-state index is -0.799. The summed E-state index contributed by atoms with van der Waals surface area (Å²) >= 11 is 0. The van der Waals surface area contributed by atoms with Gasteiger partial charge in [-0.3, -0.25) is 14.6 Å². The van der Waals surface area contributed by atoms with Gasteiger partial charge in [0.1, 0.15) is 11.3 Å². The summed E-state index contributed by atoms with van der Waals surface area (Å²) in [7, 11) is 3.23. The zero-order valence-electron chi connectivity index (χ0n) is 20.7. The van der Waals surface area contributed by atoms with Crippen LogP contribution in [-0.2, 0) is 22.6 Å². The molecule has 0 N–H and O–H groups in total. The molecule has 0 unspecified atom stereocenters. The van der Waals surface area contributed by atoms with Gasteiger partial charge >= 0.3 is 6.03 Å². The Bertz CT molecular complexity index is 1050. The van der Waals surface area contributed by atoms with Gasteiger partial charge in [-0.1, -0.05) is 35.9 Å². The first-order chi connectivity index (χ1) is 16.4. The molecule has 0 aliphatic carbocycles. The maximum absolute atomic E-state index is 13.8. The van der Waals surface area contributed by atoms with E-state index in [0.29, 0.717) is 31.7 Å². The van der Waals surface area contributed by atoms with E-state index in [4.69, 9.17) is 9.47 Å². The lowest BCUT2D eigenvalue weighted by Gasteiger charge is -2.42. The molecule has 0 bridgehead atoms. The number of likely N-dealkylation sites (tertiary alicyclic amines) is 1. The lowest BCUT2D eigenvalue weighted by Crippen LogP contribution is -2.57. The Morgan fingerprint density at radius 1 is 0.971 bits per heavy atom. The van der Waals surface area contributed by atoms with Crippen LogP contribution in [0.3, 0.4) is 0 Å². The fourth-order valence-electron chi connectivity index (χ4n) is 5.14. The SMILES string of the molecule is COCCN1C(=O)N(Cc2cccc(OC)c2)C(=O)C12CCN(Cc1cc(C)ccc1C)CC2. The van der Waals surface area contributed by atoms with Crippen molar-refractivity contribution in [3.63, 3.8) is 0 Å². The van der Waals surface area contributed by atoms with Crippen molar-refractivity contribution in [3.05, 3.63) is 64.7 Å². The topological polar surface area (TPSA) is 62.3 Å². The van der Waals surface area contributed by atoms with E-state index in [2.05, 4.69) is 36.9 Å². The summed E-state index contributed by atoms with van der Waals surface area (Å²) in [6.45, 7) is 7.70. The molecule has 2 aliphatic heterocycles. The highest BCUT2D eigenvalue weighted by Gasteiger charge is 2.57. The second-order valence-electron chi connectivity index (χ2n) is 9.41. The summed E-state index contributed by atoms with van der Waals surface area (Å²) in [4.78, 5) is 32.8. The van der Waals surface area contributed by atoms with Gasteiger partial charge in [0.05, 0.1) is 20.3 Å². The number of hydrogen-bond donors (Lipinski definition) is 0. The Kier molecular flexibility index (Phi) is 7.24. The lowest BCUT2D eigenvalue weighted by atomic mass is 9.85. The summed E-state index contributed by atoms with van der Waals surface area (Å²) in [5.74, 6) is 0.616. The van der Waals surface area contributed by atoms with Crippen molar-refractivity contribution in [2.24, 2.45) is 0 Å². The molecule has 2 aromatic carbocycles. The van der Waals surface area contributed by atoms with Crippen LogP contribution in [-0.4, -0.2) is 72.6 Å². The molecule has 2 fully saturated rings. The minimum absolute atomic E-state index is 0.0946. The van der Waals surface area contributed by atoms with Crippen LogP contribution in [0, 0.1) is 13.8 Å². The fraction of sp³-hybridized carbons (Fsp3) is 0.481. The zero-order valence-corrected chi connectivity index (χ0v) is 20.7. The smallest absolute Gasteiger partial charge is 0.328 e. The van der Waals surface area contributed by atoms with Crippen molar-refractivity contribution < 1.29 is 19.1 Å². The summed E-state index contributed by atoms with van der Waals surface area (Å²) in [5, 5.41) is 0. The van der Waals surface area contributed by atoms with Crippen LogP contribution in [0.15, 0.2) is 42.5 Å². The number of carbonyl (C=O) groups excluding carboxylic acids is 2. The van der Waals surface area contributed by atoms with E-state index >= 15 is 0 Å². The molecule has 3 amide bonds. The van der Waals surface area contributed by atoms with Gasteiger partial charge in [-0.2, -0.15) is 0 Å². The van der Waals surface area contributed by atoms with Gasteiger partial charge in [-0.15, -0.1) is 0 Å². The number of piperidine rings is 1. The quantitative estimate of drug-likeness (QED) is 0.556. The van der Waals surface area contributed by atoms with Crippen molar-refractivity contribution in [2.45, 2.75) is 45.3 Å². The van der Waals surface area contributed by atoms with Crippen LogP contribution in [0.2, 0.25) is 0 Å². The standard InChI is InChI=1S/C27H35N3O4/c1-20-8-9-21(2)23(16-20)19-28-12-10-27(11-13-28)25(31)29(26(32)30(27)14-15-33-3)18-22-6-5-7-24(17-22)34-4/h5-9,16-17H,10-15,18-19H2,1-4H3.